The van der Waals surface area contributed by atoms with Crippen molar-refractivity contribution in [1.29, 1.82) is 0 Å². The van der Waals surface area contributed by atoms with Gasteiger partial charge in [0.1, 0.15) is 0 Å². The normalized spacial score (nSPS) is 9.17. The highest BCUT2D eigenvalue weighted by Crippen LogP contribution is 1.37. The molecule has 36 valence electrons. The molecule has 0 aliphatic heterocycles. The Balaban J connectivity index is 3.26. The van der Waals surface area contributed by atoms with Crippen LogP contribution in [-0.2, 0) is 0 Å². The highest BCUT2D eigenvalue weighted by atomic mass is 16.4. The SMILES string of the molecule is C[NH+](C)C(=O)O. The van der Waals surface area contributed by atoms with Gasteiger partial charge in [-0.15, -0.1) is 0 Å². The van der Waals surface area contributed by atoms with Gasteiger partial charge < -0.3 is 5.11 Å². The number of carbonyl (C=O) groups is 1. The number of nitrogens with one attached hydrogen (secondary N) is 1. The summed E-state index contributed by atoms with van der Waals surface area (Å²) in [5, 5.41) is 7.95. The molecule has 0 saturated heterocycles. The fraction of sp³-hybridized carbons (Fsp3) is 0.667. The van der Waals surface area contributed by atoms with E-state index in [2.05, 4.69) is 0 Å². The lowest BCUT2D eigenvalue weighted by molar-refractivity contribution is -0.777. The third kappa shape index (κ3) is 1.72. The van der Waals surface area contributed by atoms with Crippen LogP contribution < -0.4 is 4.90 Å². The maximum atomic E-state index is 9.66. The summed E-state index contributed by atoms with van der Waals surface area (Å²) in [5.41, 5.74) is 0. The average Bonchev–Trinajstić information content (AvgIpc) is 1.36. The Labute approximate surface area is 36.2 Å². The Morgan fingerprint density at radius 1 is 1.67 bits per heavy atom. The molecule has 0 unspecified atom stereocenters. The second kappa shape index (κ2) is 1.77. The molecule has 0 atom stereocenters. The second-order valence-corrected chi connectivity index (χ2v) is 1.31. The van der Waals surface area contributed by atoms with Gasteiger partial charge in [-0.1, -0.05) is 0 Å². The molecule has 0 aromatic carbocycles. The van der Waals surface area contributed by atoms with Gasteiger partial charge in [0, 0.05) is 0 Å². The summed E-state index contributed by atoms with van der Waals surface area (Å²) in [6.07, 6.45) is -0.824. The zero-order valence-electron chi connectivity index (χ0n) is 3.86. The van der Waals surface area contributed by atoms with Gasteiger partial charge in [0.2, 0.25) is 0 Å². The van der Waals surface area contributed by atoms with Crippen molar-refractivity contribution in [1.82, 2.24) is 0 Å². The smallest absolute Gasteiger partial charge is 0.435 e. The van der Waals surface area contributed by atoms with E-state index in [1.54, 1.807) is 14.1 Å². The van der Waals surface area contributed by atoms with Crippen molar-refractivity contribution in [2.75, 3.05) is 14.1 Å². The number of hydrogen-bond donors (Lipinski definition) is 2. The van der Waals surface area contributed by atoms with Crippen molar-refractivity contribution in [3.8, 4) is 0 Å². The molecule has 6 heavy (non-hydrogen) atoms. The fourth-order valence-corrected chi connectivity index (χ4v) is 0. The van der Waals surface area contributed by atoms with Gasteiger partial charge in [0.15, 0.2) is 0 Å². The van der Waals surface area contributed by atoms with E-state index in [0.717, 1.165) is 0 Å². The van der Waals surface area contributed by atoms with E-state index >= 15 is 0 Å². The molecule has 0 spiro atoms. The first kappa shape index (κ1) is 5.43. The van der Waals surface area contributed by atoms with Crippen LogP contribution in [0.3, 0.4) is 0 Å². The van der Waals surface area contributed by atoms with E-state index in [-0.39, 0.29) is 0 Å². The third-order valence-corrected chi connectivity index (χ3v) is 0.428. The summed E-state index contributed by atoms with van der Waals surface area (Å²) in [4.78, 5) is 10.1. The van der Waals surface area contributed by atoms with Crippen molar-refractivity contribution in [2.24, 2.45) is 0 Å². The maximum absolute atomic E-state index is 9.66. The molecule has 0 saturated carbocycles. The van der Waals surface area contributed by atoms with Gasteiger partial charge in [-0.25, -0.2) is 4.90 Å². The Kier molecular flexibility index (Phi) is 1.60. The van der Waals surface area contributed by atoms with Crippen molar-refractivity contribution < 1.29 is 14.8 Å². The van der Waals surface area contributed by atoms with Crippen molar-refractivity contribution in [3.05, 3.63) is 0 Å². The van der Waals surface area contributed by atoms with Crippen molar-refractivity contribution >= 4 is 6.09 Å². The molecule has 0 fully saturated rings. The van der Waals surface area contributed by atoms with Gasteiger partial charge in [-0.3, -0.25) is 0 Å². The van der Waals surface area contributed by atoms with Gasteiger partial charge in [0.25, 0.3) is 0 Å². The van der Waals surface area contributed by atoms with Crippen LogP contribution in [0.15, 0.2) is 0 Å². The molecule has 0 aromatic rings. The van der Waals surface area contributed by atoms with Crippen LogP contribution in [0, 0.1) is 0 Å². The zero-order chi connectivity index (χ0) is 5.15. The lowest BCUT2D eigenvalue weighted by atomic mass is 10.9. The lowest BCUT2D eigenvalue weighted by Crippen LogP contribution is -3.08. The summed E-state index contributed by atoms with van der Waals surface area (Å²) < 4.78 is 0. The largest absolute Gasteiger partial charge is 0.511 e. The molecule has 0 aromatic heterocycles. The maximum Gasteiger partial charge on any atom is 0.511 e. The summed E-state index contributed by atoms with van der Waals surface area (Å²) in [6, 6.07) is 0. The van der Waals surface area contributed by atoms with Crippen LogP contribution in [0.25, 0.3) is 0 Å². The van der Waals surface area contributed by atoms with Gasteiger partial charge in [-0.2, -0.15) is 4.79 Å². The Hall–Kier alpha value is -0.570. The highest BCUT2D eigenvalue weighted by Gasteiger charge is 2.00. The highest BCUT2D eigenvalue weighted by molar-refractivity contribution is 5.53. The fourth-order valence-electron chi connectivity index (χ4n) is 0. The van der Waals surface area contributed by atoms with Crippen molar-refractivity contribution in [2.45, 2.75) is 0 Å². The minimum Gasteiger partial charge on any atom is -0.435 e. The molecule has 2 N–H and O–H groups in total. The Morgan fingerprint density at radius 2 is 1.83 bits per heavy atom. The van der Waals surface area contributed by atoms with E-state index in [1.165, 1.54) is 0 Å². The van der Waals surface area contributed by atoms with Gasteiger partial charge >= 0.3 is 6.09 Å². The minimum atomic E-state index is -0.824. The standard InChI is InChI=1S/C3H7NO2/c1-4(2)3(5)6/h1-2H3,(H,5,6)/p+1. The Morgan fingerprint density at radius 3 is 1.83 bits per heavy atom. The van der Waals surface area contributed by atoms with Gasteiger partial charge in [0.05, 0.1) is 14.1 Å². The van der Waals surface area contributed by atoms with Crippen LogP contribution >= 0.6 is 0 Å². The number of rotatable bonds is 0. The van der Waals surface area contributed by atoms with Gasteiger partial charge in [-0.05, 0) is 0 Å². The van der Waals surface area contributed by atoms with E-state index < -0.39 is 6.09 Å². The number of carboxylic acid groups (broad SMARTS) is 1. The topological polar surface area (TPSA) is 41.7 Å². The predicted octanol–water partition coefficient (Wildman–Crippen LogP) is -1.19. The monoisotopic (exact) mass is 90.1 g/mol. The molecule has 3 heteroatoms. The number of hydrogen-bond acceptors (Lipinski definition) is 1. The van der Waals surface area contributed by atoms with Crippen LogP contribution in [0.1, 0.15) is 0 Å². The van der Waals surface area contributed by atoms with Crippen LogP contribution in [-0.4, -0.2) is 25.3 Å². The molecular weight excluding hydrogens is 82.0 g/mol. The zero-order valence-corrected chi connectivity index (χ0v) is 3.86. The summed E-state index contributed by atoms with van der Waals surface area (Å²) in [7, 11) is 3.12. The summed E-state index contributed by atoms with van der Waals surface area (Å²) in [5.74, 6) is 0. The molecule has 0 bridgehead atoms. The van der Waals surface area contributed by atoms with E-state index in [4.69, 9.17) is 5.11 Å². The van der Waals surface area contributed by atoms with Crippen LogP contribution in [0.4, 0.5) is 4.79 Å². The Bertz CT molecular complexity index is 59.8. The van der Waals surface area contributed by atoms with Crippen LogP contribution in [0.2, 0.25) is 0 Å². The molecule has 0 aliphatic carbocycles. The predicted molar refractivity (Wildman–Crippen MR) is 20.8 cm³/mol. The molecule has 0 rings (SSSR count). The van der Waals surface area contributed by atoms with E-state index in [9.17, 15) is 4.79 Å². The minimum absolute atomic E-state index is 0.426. The van der Waals surface area contributed by atoms with E-state index in [1.807, 2.05) is 0 Å². The molecule has 3 nitrogen and oxygen atoms in total. The number of amides is 1. The molecule has 1 amide bonds. The number of quaternary nitrogens is 1. The first-order chi connectivity index (χ1) is 2.64. The molecule has 0 aliphatic rings. The lowest BCUT2D eigenvalue weighted by Gasteiger charge is -1.92. The second-order valence-electron chi connectivity index (χ2n) is 1.31. The first-order valence-corrected chi connectivity index (χ1v) is 1.68. The molecule has 0 heterocycles. The van der Waals surface area contributed by atoms with E-state index in [0.29, 0.717) is 4.90 Å². The first-order valence-electron chi connectivity index (χ1n) is 1.68. The summed E-state index contributed by atoms with van der Waals surface area (Å²) in [6.45, 7) is 0. The average molecular weight is 90.1 g/mol. The third-order valence-electron chi connectivity index (χ3n) is 0.428. The molecule has 0 radical (unpaired) electrons. The van der Waals surface area contributed by atoms with Crippen LogP contribution in [0.5, 0.6) is 0 Å². The van der Waals surface area contributed by atoms with Crippen molar-refractivity contribution in [3.63, 3.8) is 0 Å². The summed E-state index contributed by atoms with van der Waals surface area (Å²) >= 11 is 0. The quantitative estimate of drug-likeness (QED) is 0.392. The molecular formula is C3H8NO2+.